The van der Waals surface area contributed by atoms with Gasteiger partial charge in [-0.15, -0.1) is 11.3 Å². The van der Waals surface area contributed by atoms with E-state index in [2.05, 4.69) is 131 Å². The molecule has 0 radical (unpaired) electrons. The second-order valence-corrected chi connectivity index (χ2v) is 9.92. The van der Waals surface area contributed by atoms with Gasteiger partial charge in [0.05, 0.1) is 5.69 Å². The van der Waals surface area contributed by atoms with Gasteiger partial charge in [0.25, 0.3) is 0 Å². The van der Waals surface area contributed by atoms with E-state index in [4.69, 9.17) is 0 Å². The molecule has 170 valence electrons. The molecule has 7 rings (SSSR count). The number of benzene rings is 5. The lowest BCUT2D eigenvalue weighted by Gasteiger charge is -2.27. The van der Waals surface area contributed by atoms with Gasteiger partial charge in [0.15, 0.2) is 0 Å². The molecular weight excluding hydrogens is 456 g/mol. The number of fused-ring (bicyclic) bond motifs is 4. The van der Waals surface area contributed by atoms with E-state index in [9.17, 15) is 0 Å². The maximum atomic E-state index is 4.65. The summed E-state index contributed by atoms with van der Waals surface area (Å²) in [5.74, 6) is 0. The predicted molar refractivity (Wildman–Crippen MR) is 155 cm³/mol. The monoisotopic (exact) mass is 478 g/mol. The highest BCUT2D eigenvalue weighted by atomic mass is 32.1. The van der Waals surface area contributed by atoms with Gasteiger partial charge in [0.1, 0.15) is 4.83 Å². The minimum Gasteiger partial charge on any atom is -0.310 e. The van der Waals surface area contributed by atoms with E-state index >= 15 is 0 Å². The first kappa shape index (κ1) is 20.9. The van der Waals surface area contributed by atoms with Crippen molar-refractivity contribution < 1.29 is 0 Å². The Balaban J connectivity index is 1.47. The number of nitrogens with zero attached hydrogens (tertiary/aromatic N) is 2. The first-order chi connectivity index (χ1) is 17.8. The molecule has 0 bridgehead atoms. The largest absolute Gasteiger partial charge is 0.310 e. The summed E-state index contributed by atoms with van der Waals surface area (Å²) < 4.78 is 1.24. The summed E-state index contributed by atoms with van der Waals surface area (Å²) >= 11 is 1.75. The van der Waals surface area contributed by atoms with Crippen molar-refractivity contribution in [2.45, 2.75) is 0 Å². The number of rotatable bonds is 4. The minimum absolute atomic E-state index is 1.07. The van der Waals surface area contributed by atoms with Crippen LogP contribution in [0.3, 0.4) is 0 Å². The molecule has 2 heterocycles. The number of hydrogen-bond donors (Lipinski definition) is 0. The summed E-state index contributed by atoms with van der Waals surface area (Å²) in [7, 11) is 0. The summed E-state index contributed by atoms with van der Waals surface area (Å²) in [4.78, 5) is 8.10. The van der Waals surface area contributed by atoms with E-state index in [1.807, 2.05) is 12.3 Å². The van der Waals surface area contributed by atoms with Crippen LogP contribution in [0.4, 0.5) is 17.1 Å². The highest BCUT2D eigenvalue weighted by Crippen LogP contribution is 2.44. The molecule has 0 aliphatic heterocycles. The Kier molecular flexibility index (Phi) is 5.00. The van der Waals surface area contributed by atoms with Crippen LogP contribution in [0.15, 0.2) is 134 Å². The highest BCUT2D eigenvalue weighted by Gasteiger charge is 2.19. The normalized spacial score (nSPS) is 11.3. The van der Waals surface area contributed by atoms with Crippen molar-refractivity contribution in [3.8, 4) is 11.1 Å². The van der Waals surface area contributed by atoms with Gasteiger partial charge < -0.3 is 4.90 Å². The van der Waals surface area contributed by atoms with Gasteiger partial charge in [-0.1, -0.05) is 78.9 Å². The lowest BCUT2D eigenvalue weighted by molar-refractivity contribution is 1.31. The summed E-state index contributed by atoms with van der Waals surface area (Å²) in [5, 5.41) is 4.90. The fourth-order valence-corrected chi connectivity index (χ4v) is 6.07. The third kappa shape index (κ3) is 3.53. The molecule has 0 atom stereocenters. The van der Waals surface area contributed by atoms with E-state index in [0.29, 0.717) is 0 Å². The second kappa shape index (κ2) is 8.63. The summed E-state index contributed by atoms with van der Waals surface area (Å²) in [5.41, 5.74) is 5.85. The number of anilines is 3. The van der Waals surface area contributed by atoms with Crippen molar-refractivity contribution in [3.05, 3.63) is 134 Å². The molecule has 2 nitrogen and oxygen atoms in total. The Hall–Kier alpha value is -4.47. The lowest BCUT2D eigenvalue weighted by atomic mass is 10.0. The third-order valence-corrected chi connectivity index (χ3v) is 7.79. The lowest BCUT2D eigenvalue weighted by Crippen LogP contribution is -2.10. The zero-order chi connectivity index (χ0) is 23.9. The average Bonchev–Trinajstić information content (AvgIpc) is 3.33. The smallest absolute Gasteiger partial charge is 0.124 e. The second-order valence-electron chi connectivity index (χ2n) is 8.89. The van der Waals surface area contributed by atoms with Crippen LogP contribution in [0.5, 0.6) is 0 Å². The summed E-state index contributed by atoms with van der Waals surface area (Å²) in [6, 6.07) is 45.4. The van der Waals surface area contributed by atoms with Crippen molar-refractivity contribution in [3.63, 3.8) is 0 Å². The molecule has 0 fully saturated rings. The number of hydrogen-bond acceptors (Lipinski definition) is 3. The van der Waals surface area contributed by atoms with Crippen molar-refractivity contribution in [1.82, 2.24) is 4.98 Å². The van der Waals surface area contributed by atoms with Crippen molar-refractivity contribution in [1.29, 1.82) is 0 Å². The molecule has 0 aliphatic carbocycles. The first-order valence-corrected chi connectivity index (χ1v) is 12.9. The first-order valence-electron chi connectivity index (χ1n) is 12.1. The van der Waals surface area contributed by atoms with Gasteiger partial charge in [0.2, 0.25) is 0 Å². The Labute approximate surface area is 213 Å². The van der Waals surface area contributed by atoms with Gasteiger partial charge >= 0.3 is 0 Å². The number of pyridine rings is 1. The topological polar surface area (TPSA) is 16.1 Å². The van der Waals surface area contributed by atoms with Crippen LogP contribution >= 0.6 is 11.3 Å². The number of aromatic nitrogens is 1. The van der Waals surface area contributed by atoms with Crippen molar-refractivity contribution in [2.75, 3.05) is 4.90 Å². The van der Waals surface area contributed by atoms with E-state index in [-0.39, 0.29) is 0 Å². The van der Waals surface area contributed by atoms with E-state index in [1.54, 1.807) is 11.3 Å². The van der Waals surface area contributed by atoms with Crippen LogP contribution in [0.1, 0.15) is 0 Å². The maximum absolute atomic E-state index is 4.65. The molecule has 0 spiro atoms. The fourth-order valence-electron chi connectivity index (χ4n) is 5.00. The molecule has 5 aromatic carbocycles. The van der Waals surface area contributed by atoms with Gasteiger partial charge in [-0.2, -0.15) is 0 Å². The molecule has 0 saturated carbocycles. The Morgan fingerprint density at radius 1 is 0.556 bits per heavy atom. The number of thiophene rings is 1. The minimum atomic E-state index is 1.07. The molecule has 0 amide bonds. The molecule has 7 aromatic rings. The van der Waals surface area contributed by atoms with E-state index in [1.165, 1.54) is 37.4 Å². The van der Waals surface area contributed by atoms with Crippen LogP contribution in [-0.2, 0) is 0 Å². The van der Waals surface area contributed by atoms with Crippen LogP contribution in [0.2, 0.25) is 0 Å². The standard InChI is InChI=1S/C33H22N2S/c1-2-8-23(9-3-1)25-15-18-27(19-16-25)35(28-20-17-24-10-4-5-11-26(24)22-28)30-13-6-14-31-32(30)29-12-7-21-34-33(29)36-31/h1-22H. The predicted octanol–water partition coefficient (Wildman–Crippen LogP) is 9.74. The maximum Gasteiger partial charge on any atom is 0.124 e. The molecule has 36 heavy (non-hydrogen) atoms. The molecule has 0 N–H and O–H groups in total. The van der Waals surface area contributed by atoms with Crippen molar-refractivity contribution >= 4 is 59.5 Å². The Morgan fingerprint density at radius 2 is 1.31 bits per heavy atom. The zero-order valence-corrected chi connectivity index (χ0v) is 20.3. The molecule has 3 heteroatoms. The highest BCUT2D eigenvalue weighted by molar-refractivity contribution is 7.25. The van der Waals surface area contributed by atoms with Gasteiger partial charge in [-0.3, -0.25) is 0 Å². The molecule has 2 aromatic heterocycles. The molecule has 0 aliphatic rings. The molecular formula is C33H22N2S. The van der Waals surface area contributed by atoms with Crippen LogP contribution in [0, 0.1) is 0 Å². The quantitative estimate of drug-likeness (QED) is 0.250. The van der Waals surface area contributed by atoms with Crippen molar-refractivity contribution in [2.24, 2.45) is 0 Å². The fraction of sp³-hybridized carbons (Fsp3) is 0. The van der Waals surface area contributed by atoms with Gasteiger partial charge in [0, 0.05) is 33.0 Å². The van der Waals surface area contributed by atoms with E-state index in [0.717, 1.165) is 21.9 Å². The molecule has 0 unspecified atom stereocenters. The van der Waals surface area contributed by atoms with Crippen LogP contribution in [0.25, 0.3) is 42.2 Å². The molecule has 0 saturated heterocycles. The van der Waals surface area contributed by atoms with Gasteiger partial charge in [-0.25, -0.2) is 4.98 Å². The van der Waals surface area contributed by atoms with Gasteiger partial charge in [-0.05, 0) is 70.4 Å². The van der Waals surface area contributed by atoms with Crippen LogP contribution < -0.4 is 4.90 Å². The summed E-state index contributed by atoms with van der Waals surface area (Å²) in [6.45, 7) is 0. The van der Waals surface area contributed by atoms with Crippen LogP contribution in [-0.4, -0.2) is 4.98 Å². The average molecular weight is 479 g/mol. The summed E-state index contributed by atoms with van der Waals surface area (Å²) in [6.07, 6.45) is 1.88. The van der Waals surface area contributed by atoms with E-state index < -0.39 is 0 Å². The Morgan fingerprint density at radius 3 is 2.17 bits per heavy atom. The third-order valence-electron chi connectivity index (χ3n) is 6.72. The zero-order valence-electron chi connectivity index (χ0n) is 19.5. The SMILES string of the molecule is c1ccc(-c2ccc(N(c3ccc4ccccc4c3)c3cccc4sc5ncccc5c34)cc2)cc1. The Bertz CT molecular complexity index is 1840.